The van der Waals surface area contributed by atoms with Gasteiger partial charge in [0.1, 0.15) is 0 Å². The van der Waals surface area contributed by atoms with Gasteiger partial charge in [0.2, 0.25) is 0 Å². The molecule has 89 valence electrons. The van der Waals surface area contributed by atoms with Crippen LogP contribution in [0.4, 0.5) is 0 Å². The molecule has 0 unspecified atom stereocenters. The van der Waals surface area contributed by atoms with E-state index in [2.05, 4.69) is 49.4 Å². The Kier molecular flexibility index (Phi) is 5.98. The van der Waals surface area contributed by atoms with Crippen LogP contribution in [0.1, 0.15) is 19.4 Å². The van der Waals surface area contributed by atoms with Gasteiger partial charge in [-0.15, -0.1) is 16.8 Å². The molecule has 0 saturated carbocycles. The molecule has 0 spiro atoms. The van der Waals surface area contributed by atoms with E-state index in [1.807, 2.05) is 26.0 Å². The predicted octanol–water partition coefficient (Wildman–Crippen LogP) is 5.13. The Morgan fingerprint density at radius 1 is 0.889 bits per heavy atom. The molecule has 18 heavy (non-hydrogen) atoms. The summed E-state index contributed by atoms with van der Waals surface area (Å²) in [6.45, 7) is 6.16. The zero-order chi connectivity index (χ0) is 12.3. The van der Waals surface area contributed by atoms with Crippen molar-refractivity contribution in [2.45, 2.75) is 20.8 Å². The fourth-order valence-electron chi connectivity index (χ4n) is 2.06. The van der Waals surface area contributed by atoms with Crippen LogP contribution in [0.2, 0.25) is 0 Å². The zero-order valence-electron chi connectivity index (χ0n) is 11.2. The minimum absolute atomic E-state index is 0. The van der Waals surface area contributed by atoms with Gasteiger partial charge in [-0.2, -0.15) is 24.3 Å². The van der Waals surface area contributed by atoms with Crippen LogP contribution in [0.5, 0.6) is 0 Å². The number of fused-ring (bicyclic) bond motifs is 2. The van der Waals surface area contributed by atoms with Gasteiger partial charge in [-0.05, 0) is 23.3 Å². The van der Waals surface area contributed by atoms with Crippen LogP contribution in [-0.4, -0.2) is 0 Å². The third-order valence-corrected chi connectivity index (χ3v) is 2.90. The zero-order valence-corrected chi connectivity index (χ0v) is 14.0. The standard InChI is InChI=1S/C15H11.C2H6.Y/c1-11-5-4-8-14-9-12-6-2-3-7-13(12)10-15(11)14;1-2;/h3-10H,1H3;1-2H3;/q-1;;. The van der Waals surface area contributed by atoms with Crippen molar-refractivity contribution < 1.29 is 32.7 Å². The van der Waals surface area contributed by atoms with Gasteiger partial charge in [-0.1, -0.05) is 38.1 Å². The molecule has 0 aliphatic carbocycles. The molecule has 0 saturated heterocycles. The normalized spacial score (nSPS) is 9.50. The number of hydrogen-bond acceptors (Lipinski definition) is 0. The number of benzene rings is 3. The Balaban J connectivity index is 0.000000516. The summed E-state index contributed by atoms with van der Waals surface area (Å²) >= 11 is 0. The van der Waals surface area contributed by atoms with Crippen LogP contribution in [0.15, 0.2) is 48.5 Å². The van der Waals surface area contributed by atoms with Crippen molar-refractivity contribution in [2.24, 2.45) is 0 Å². The first kappa shape index (κ1) is 15.3. The van der Waals surface area contributed by atoms with E-state index in [1.54, 1.807) is 0 Å². The van der Waals surface area contributed by atoms with Crippen molar-refractivity contribution >= 4 is 21.5 Å². The van der Waals surface area contributed by atoms with Crippen LogP contribution >= 0.6 is 0 Å². The van der Waals surface area contributed by atoms with Crippen molar-refractivity contribution in [1.82, 2.24) is 0 Å². The fraction of sp³-hybridized carbons (Fsp3) is 0.176. The fourth-order valence-corrected chi connectivity index (χ4v) is 2.06. The van der Waals surface area contributed by atoms with Gasteiger partial charge in [0.25, 0.3) is 0 Å². The predicted molar refractivity (Wildman–Crippen MR) is 76.4 cm³/mol. The first-order valence-electron chi connectivity index (χ1n) is 6.14. The van der Waals surface area contributed by atoms with E-state index in [0.29, 0.717) is 0 Å². The number of hydrogen-bond donors (Lipinski definition) is 0. The summed E-state index contributed by atoms with van der Waals surface area (Å²) in [6, 6.07) is 20.1. The van der Waals surface area contributed by atoms with Crippen molar-refractivity contribution in [1.29, 1.82) is 0 Å². The van der Waals surface area contributed by atoms with Gasteiger partial charge < -0.3 is 0 Å². The Labute approximate surface area is 134 Å². The van der Waals surface area contributed by atoms with Crippen molar-refractivity contribution in [3.8, 4) is 0 Å². The van der Waals surface area contributed by atoms with E-state index in [4.69, 9.17) is 0 Å². The van der Waals surface area contributed by atoms with E-state index in [1.165, 1.54) is 27.1 Å². The van der Waals surface area contributed by atoms with Crippen molar-refractivity contribution in [3.63, 3.8) is 0 Å². The molecule has 3 rings (SSSR count). The van der Waals surface area contributed by atoms with Crippen molar-refractivity contribution in [2.75, 3.05) is 0 Å². The Morgan fingerprint density at radius 3 is 2.44 bits per heavy atom. The second-order valence-electron chi connectivity index (χ2n) is 3.92. The van der Waals surface area contributed by atoms with Crippen LogP contribution in [0.25, 0.3) is 21.5 Å². The summed E-state index contributed by atoms with van der Waals surface area (Å²) in [5, 5.41) is 5.20. The summed E-state index contributed by atoms with van der Waals surface area (Å²) in [7, 11) is 0. The molecule has 0 atom stereocenters. The first-order valence-corrected chi connectivity index (χ1v) is 6.14. The summed E-state index contributed by atoms with van der Waals surface area (Å²) in [4.78, 5) is 0. The molecule has 0 aliphatic rings. The van der Waals surface area contributed by atoms with Crippen LogP contribution in [0.3, 0.4) is 0 Å². The third kappa shape index (κ3) is 2.99. The van der Waals surface area contributed by atoms with E-state index < -0.39 is 0 Å². The molecule has 3 aromatic rings. The smallest absolute Gasteiger partial charge is 0 e. The maximum Gasteiger partial charge on any atom is 0 e. The largest absolute Gasteiger partial charge is 0.183 e. The topological polar surface area (TPSA) is 0 Å². The van der Waals surface area contributed by atoms with Crippen molar-refractivity contribution in [3.05, 3.63) is 60.2 Å². The molecule has 3 aromatic carbocycles. The molecule has 0 N–H and O–H groups in total. The maximum atomic E-state index is 3.11. The number of rotatable bonds is 0. The van der Waals surface area contributed by atoms with Gasteiger partial charge in [-0.3, -0.25) is 0 Å². The summed E-state index contributed by atoms with van der Waals surface area (Å²) < 4.78 is 0. The Morgan fingerprint density at radius 2 is 1.67 bits per heavy atom. The molecule has 0 amide bonds. The van der Waals surface area contributed by atoms with Gasteiger partial charge in [-0.25, -0.2) is 0 Å². The molecule has 0 fully saturated rings. The molecular weight excluding hydrogens is 293 g/mol. The van der Waals surface area contributed by atoms with E-state index in [-0.39, 0.29) is 32.7 Å². The first-order chi connectivity index (χ1) is 8.34. The number of aryl methyl sites for hydroxylation is 1. The van der Waals surface area contributed by atoms with E-state index >= 15 is 0 Å². The Hall–Kier alpha value is -0.716. The minimum Gasteiger partial charge on any atom is -0.183 e. The molecule has 0 bridgehead atoms. The maximum absolute atomic E-state index is 3.11. The molecule has 0 aromatic heterocycles. The van der Waals surface area contributed by atoms with Gasteiger partial charge >= 0.3 is 0 Å². The van der Waals surface area contributed by atoms with Gasteiger partial charge in [0.05, 0.1) is 0 Å². The van der Waals surface area contributed by atoms with E-state index in [0.717, 1.165) is 0 Å². The summed E-state index contributed by atoms with van der Waals surface area (Å²) in [5.74, 6) is 0. The second kappa shape index (κ2) is 7.02. The molecule has 0 aliphatic heterocycles. The van der Waals surface area contributed by atoms with Crippen LogP contribution in [0, 0.1) is 13.0 Å². The quantitative estimate of drug-likeness (QED) is 0.399. The average Bonchev–Trinajstić information content (AvgIpc) is 2.40. The van der Waals surface area contributed by atoms with Gasteiger partial charge in [0, 0.05) is 32.7 Å². The third-order valence-electron chi connectivity index (χ3n) is 2.90. The van der Waals surface area contributed by atoms with Crippen LogP contribution < -0.4 is 0 Å². The molecule has 1 radical (unpaired) electrons. The Bertz CT molecular complexity index is 641. The summed E-state index contributed by atoms with van der Waals surface area (Å²) in [6.07, 6.45) is 0. The van der Waals surface area contributed by atoms with Crippen LogP contribution in [-0.2, 0) is 32.7 Å². The van der Waals surface area contributed by atoms with Gasteiger partial charge in [0.15, 0.2) is 0 Å². The van der Waals surface area contributed by atoms with E-state index in [9.17, 15) is 0 Å². The molecule has 0 nitrogen and oxygen atoms in total. The molecule has 1 heteroatoms. The monoisotopic (exact) mass is 310 g/mol. The average molecular weight is 310 g/mol. The second-order valence-corrected chi connectivity index (χ2v) is 3.92. The molecule has 0 heterocycles. The SMILES string of the molecule is CC.Cc1cccc2cc3c[c-]ccc3cc12.[Y]. The molecular formula is C17H17Y-. The minimum atomic E-state index is 0. The summed E-state index contributed by atoms with van der Waals surface area (Å²) in [5.41, 5.74) is 1.34.